The van der Waals surface area contributed by atoms with Crippen LogP contribution in [0.5, 0.6) is 0 Å². The van der Waals surface area contributed by atoms with Gasteiger partial charge in [-0.15, -0.1) is 0 Å². The number of hydrogen-bond donors (Lipinski definition) is 1. The lowest BCUT2D eigenvalue weighted by Gasteiger charge is -2.32. The lowest BCUT2D eigenvalue weighted by Crippen LogP contribution is -2.50. The van der Waals surface area contributed by atoms with Gasteiger partial charge in [-0.3, -0.25) is 9.69 Å². The normalized spacial score (nSPS) is 15.0. The molecule has 0 aromatic heterocycles. The molecule has 1 fully saturated rings. The molecule has 1 atom stereocenters. The van der Waals surface area contributed by atoms with Crippen LogP contribution < -0.4 is 5.32 Å². The third-order valence-corrected chi connectivity index (χ3v) is 5.44. The average Bonchev–Trinajstić information content (AvgIpc) is 2.83. The Morgan fingerprint density at radius 1 is 1.15 bits per heavy atom. The van der Waals surface area contributed by atoms with Gasteiger partial charge in [-0.05, 0) is 24.3 Å². The Balaban J connectivity index is 1.94. The highest BCUT2D eigenvalue weighted by Crippen LogP contribution is 2.15. The number of rotatable bonds is 12. The van der Waals surface area contributed by atoms with Crippen molar-refractivity contribution in [3.05, 3.63) is 35.9 Å². The number of ether oxygens (including phenoxy) is 3. The molecule has 2 amide bonds. The standard InChI is InChI=1S/C24H37N3O6/c1-19(2)16-21(23(29)31-3)27(11-7-10-26-12-14-32-15-13-26)22(28)17-25-24(30)33-18-20-8-5-4-6-9-20/h4-6,8-9,19,21H,7,10-18H2,1-3H3,(H,25,30)/t21-/m0/s1. The van der Waals surface area contributed by atoms with Gasteiger partial charge >= 0.3 is 12.1 Å². The molecule has 1 aromatic rings. The number of nitrogens with one attached hydrogen (secondary N) is 1. The third kappa shape index (κ3) is 9.79. The summed E-state index contributed by atoms with van der Waals surface area (Å²) in [5.74, 6) is -0.604. The van der Waals surface area contributed by atoms with Gasteiger partial charge in [-0.25, -0.2) is 9.59 Å². The average molecular weight is 464 g/mol. The van der Waals surface area contributed by atoms with Crippen LogP contribution in [0.25, 0.3) is 0 Å². The lowest BCUT2D eigenvalue weighted by atomic mass is 10.0. The van der Waals surface area contributed by atoms with Crippen molar-refractivity contribution in [3.8, 4) is 0 Å². The molecule has 0 saturated carbocycles. The van der Waals surface area contributed by atoms with Crippen molar-refractivity contribution < 1.29 is 28.6 Å². The van der Waals surface area contributed by atoms with E-state index in [1.807, 2.05) is 44.2 Å². The molecule has 2 rings (SSSR count). The predicted octanol–water partition coefficient (Wildman–Crippen LogP) is 2.05. The topological polar surface area (TPSA) is 97.4 Å². The Kier molecular flexibility index (Phi) is 11.7. The number of hydrogen-bond acceptors (Lipinski definition) is 7. The number of carbonyl (C=O) groups excluding carboxylic acids is 3. The molecule has 9 nitrogen and oxygen atoms in total. The van der Waals surface area contributed by atoms with Crippen LogP contribution in [0, 0.1) is 5.92 Å². The molecule has 0 radical (unpaired) electrons. The summed E-state index contributed by atoms with van der Waals surface area (Å²) in [6.07, 6.45) is 0.503. The maximum atomic E-state index is 13.1. The van der Waals surface area contributed by atoms with Crippen LogP contribution in [0.1, 0.15) is 32.3 Å². The highest BCUT2D eigenvalue weighted by Gasteiger charge is 2.31. The van der Waals surface area contributed by atoms with Gasteiger partial charge in [-0.2, -0.15) is 0 Å². The van der Waals surface area contributed by atoms with Crippen LogP contribution in [-0.2, 0) is 30.4 Å². The SMILES string of the molecule is COC(=O)[C@H](CC(C)C)N(CCCN1CCOCC1)C(=O)CNC(=O)OCc1ccccc1. The van der Waals surface area contributed by atoms with Crippen LogP contribution in [-0.4, -0.2) is 86.9 Å². The molecule has 1 aliphatic rings. The zero-order chi connectivity index (χ0) is 24.1. The van der Waals surface area contributed by atoms with Crippen molar-refractivity contribution in [2.45, 2.75) is 39.3 Å². The largest absolute Gasteiger partial charge is 0.467 e. The third-order valence-electron chi connectivity index (χ3n) is 5.44. The number of benzene rings is 1. The first-order valence-corrected chi connectivity index (χ1v) is 11.5. The fourth-order valence-corrected chi connectivity index (χ4v) is 3.70. The van der Waals surface area contributed by atoms with Crippen molar-refractivity contribution in [3.63, 3.8) is 0 Å². The summed E-state index contributed by atoms with van der Waals surface area (Å²) >= 11 is 0. The molecule has 0 unspecified atom stereocenters. The summed E-state index contributed by atoms with van der Waals surface area (Å²) in [5, 5.41) is 2.51. The van der Waals surface area contributed by atoms with E-state index in [0.717, 1.165) is 25.2 Å². The van der Waals surface area contributed by atoms with E-state index in [4.69, 9.17) is 14.2 Å². The molecule has 0 bridgehead atoms. The number of esters is 1. The van der Waals surface area contributed by atoms with Crippen LogP contribution in [0.2, 0.25) is 0 Å². The summed E-state index contributed by atoms with van der Waals surface area (Å²) in [6, 6.07) is 8.59. The number of morpholine rings is 1. The minimum Gasteiger partial charge on any atom is -0.467 e. The molecule has 0 spiro atoms. The second-order valence-electron chi connectivity index (χ2n) is 8.48. The Morgan fingerprint density at radius 2 is 1.85 bits per heavy atom. The highest BCUT2D eigenvalue weighted by atomic mass is 16.5. The van der Waals surface area contributed by atoms with Crippen molar-refractivity contribution in [2.75, 3.05) is 53.0 Å². The molecule has 1 saturated heterocycles. The first-order chi connectivity index (χ1) is 15.9. The van der Waals surface area contributed by atoms with Crippen LogP contribution in [0.4, 0.5) is 4.79 Å². The first-order valence-electron chi connectivity index (χ1n) is 11.5. The van der Waals surface area contributed by atoms with Gasteiger partial charge in [0.05, 0.1) is 20.3 Å². The zero-order valence-electron chi connectivity index (χ0n) is 20.0. The molecule has 1 aliphatic heterocycles. The van der Waals surface area contributed by atoms with Gasteiger partial charge in [0.2, 0.25) is 5.91 Å². The molecular formula is C24H37N3O6. The van der Waals surface area contributed by atoms with Crippen molar-refractivity contribution in [1.29, 1.82) is 0 Å². The maximum Gasteiger partial charge on any atom is 0.407 e. The smallest absolute Gasteiger partial charge is 0.407 e. The molecule has 1 N–H and O–H groups in total. The van der Waals surface area contributed by atoms with Gasteiger partial charge in [0.25, 0.3) is 0 Å². The fraction of sp³-hybridized carbons (Fsp3) is 0.625. The van der Waals surface area contributed by atoms with E-state index in [0.29, 0.717) is 32.6 Å². The van der Waals surface area contributed by atoms with Crippen LogP contribution in [0.3, 0.4) is 0 Å². The maximum absolute atomic E-state index is 13.1. The van der Waals surface area contributed by atoms with Crippen molar-refractivity contribution >= 4 is 18.0 Å². The molecule has 1 heterocycles. The van der Waals surface area contributed by atoms with Crippen LogP contribution >= 0.6 is 0 Å². The quantitative estimate of drug-likeness (QED) is 0.474. The Hall–Kier alpha value is -2.65. The fourth-order valence-electron chi connectivity index (χ4n) is 3.70. The first kappa shape index (κ1) is 26.6. The minimum atomic E-state index is -0.700. The summed E-state index contributed by atoms with van der Waals surface area (Å²) in [6.45, 7) is 8.16. The Labute approximate surface area is 196 Å². The monoisotopic (exact) mass is 463 g/mol. The van der Waals surface area contributed by atoms with Gasteiger partial charge < -0.3 is 24.4 Å². The van der Waals surface area contributed by atoms with Crippen molar-refractivity contribution in [2.24, 2.45) is 5.92 Å². The van der Waals surface area contributed by atoms with E-state index in [1.165, 1.54) is 12.0 Å². The molecular weight excluding hydrogens is 426 g/mol. The van der Waals surface area contributed by atoms with E-state index in [-0.39, 0.29) is 25.0 Å². The lowest BCUT2D eigenvalue weighted by molar-refractivity contribution is -0.153. The van der Waals surface area contributed by atoms with Gasteiger partial charge in [0, 0.05) is 26.2 Å². The van der Waals surface area contributed by atoms with E-state index in [1.54, 1.807) is 0 Å². The van der Waals surface area contributed by atoms with Gasteiger partial charge in [0.1, 0.15) is 19.2 Å². The number of carbonyl (C=O) groups is 3. The van der Waals surface area contributed by atoms with E-state index < -0.39 is 18.1 Å². The number of amides is 2. The summed E-state index contributed by atoms with van der Waals surface area (Å²) in [7, 11) is 1.32. The predicted molar refractivity (Wildman–Crippen MR) is 123 cm³/mol. The molecule has 1 aromatic carbocycles. The second kappa shape index (κ2) is 14.5. The Bertz CT molecular complexity index is 737. The number of alkyl carbamates (subject to hydrolysis) is 1. The minimum absolute atomic E-state index is 0.113. The van der Waals surface area contributed by atoms with Gasteiger partial charge in [-0.1, -0.05) is 44.2 Å². The summed E-state index contributed by atoms with van der Waals surface area (Å²) < 4.78 is 15.5. The summed E-state index contributed by atoms with van der Waals surface area (Å²) in [4.78, 5) is 41.5. The van der Waals surface area contributed by atoms with Crippen molar-refractivity contribution in [1.82, 2.24) is 15.1 Å². The van der Waals surface area contributed by atoms with E-state index in [9.17, 15) is 14.4 Å². The highest BCUT2D eigenvalue weighted by molar-refractivity contribution is 5.87. The zero-order valence-corrected chi connectivity index (χ0v) is 20.0. The van der Waals surface area contributed by atoms with E-state index in [2.05, 4.69) is 10.2 Å². The number of nitrogens with zero attached hydrogens (tertiary/aromatic N) is 2. The summed E-state index contributed by atoms with van der Waals surface area (Å²) in [5.41, 5.74) is 0.853. The molecule has 9 heteroatoms. The molecule has 33 heavy (non-hydrogen) atoms. The Morgan fingerprint density at radius 3 is 2.48 bits per heavy atom. The molecule has 184 valence electrons. The number of methoxy groups -OCH3 is 1. The van der Waals surface area contributed by atoms with Gasteiger partial charge in [0.15, 0.2) is 0 Å². The van der Waals surface area contributed by atoms with Crippen LogP contribution in [0.15, 0.2) is 30.3 Å². The molecule has 0 aliphatic carbocycles. The second-order valence-corrected chi connectivity index (χ2v) is 8.48. The van der Waals surface area contributed by atoms with E-state index >= 15 is 0 Å².